The van der Waals surface area contributed by atoms with Gasteiger partial charge in [-0.1, -0.05) is 0 Å². The number of hydrogen-bond acceptors (Lipinski definition) is 4. The zero-order valence-electron chi connectivity index (χ0n) is 5.49. The summed E-state index contributed by atoms with van der Waals surface area (Å²) in [5, 5.41) is 21.8. The molecule has 0 aliphatic carbocycles. The molecule has 2 atom stereocenters. The first kappa shape index (κ1) is 7.43. The quantitative estimate of drug-likeness (QED) is 0.380. The third kappa shape index (κ3) is 1.43. The van der Waals surface area contributed by atoms with Crippen LogP contribution in [0.1, 0.15) is 12.8 Å². The number of rotatable bonds is 1. The Morgan fingerprint density at radius 3 is 2.80 bits per heavy atom. The monoisotopic (exact) mass is 146 g/mol. The van der Waals surface area contributed by atoms with Gasteiger partial charge >= 0.3 is 0 Å². The first-order valence-corrected chi connectivity index (χ1v) is 3.27. The van der Waals surface area contributed by atoms with E-state index in [0.29, 0.717) is 13.0 Å². The van der Waals surface area contributed by atoms with Crippen LogP contribution in [0, 0.1) is 10.1 Å². The van der Waals surface area contributed by atoms with Crippen LogP contribution in [0.2, 0.25) is 0 Å². The molecule has 1 aliphatic heterocycles. The Balaban J connectivity index is 2.47. The second kappa shape index (κ2) is 2.94. The summed E-state index contributed by atoms with van der Waals surface area (Å²) in [6.45, 7) is 0.628. The molecule has 5 heteroatoms. The standard InChI is InChI=1S/C5H10N2O3/c8-4-2-1-3-6-5(4)7(9)10/h4-6,8H,1-3H2. The molecular formula is C5H10N2O3. The van der Waals surface area contributed by atoms with Crippen LogP contribution in [0.25, 0.3) is 0 Å². The van der Waals surface area contributed by atoms with Crippen molar-refractivity contribution in [3.63, 3.8) is 0 Å². The van der Waals surface area contributed by atoms with Crippen LogP contribution in [0.5, 0.6) is 0 Å². The molecule has 0 amide bonds. The normalized spacial score (nSPS) is 33.7. The summed E-state index contributed by atoms with van der Waals surface area (Å²) in [5.41, 5.74) is 0. The molecule has 2 unspecified atom stereocenters. The topological polar surface area (TPSA) is 75.4 Å². The third-order valence-electron chi connectivity index (χ3n) is 1.62. The summed E-state index contributed by atoms with van der Waals surface area (Å²) in [5.74, 6) is 0. The number of nitrogens with zero attached hydrogens (tertiary/aromatic N) is 1. The van der Waals surface area contributed by atoms with Crippen molar-refractivity contribution in [1.82, 2.24) is 5.32 Å². The largest absolute Gasteiger partial charge is 0.384 e. The highest BCUT2D eigenvalue weighted by Gasteiger charge is 2.31. The Kier molecular flexibility index (Phi) is 2.18. The first-order valence-electron chi connectivity index (χ1n) is 3.27. The average molecular weight is 146 g/mol. The lowest BCUT2D eigenvalue weighted by atomic mass is 10.1. The van der Waals surface area contributed by atoms with Crippen molar-refractivity contribution in [3.05, 3.63) is 10.1 Å². The second-order valence-electron chi connectivity index (χ2n) is 2.39. The van der Waals surface area contributed by atoms with E-state index in [-0.39, 0.29) is 0 Å². The Hall–Kier alpha value is -0.680. The Morgan fingerprint density at radius 2 is 2.40 bits per heavy atom. The Morgan fingerprint density at radius 1 is 1.70 bits per heavy atom. The van der Waals surface area contributed by atoms with E-state index in [0.717, 1.165) is 6.42 Å². The fourth-order valence-corrected chi connectivity index (χ4v) is 1.07. The lowest BCUT2D eigenvalue weighted by Gasteiger charge is -2.21. The van der Waals surface area contributed by atoms with Gasteiger partial charge in [-0.25, -0.2) is 0 Å². The van der Waals surface area contributed by atoms with Gasteiger partial charge in [-0.05, 0) is 12.8 Å². The van der Waals surface area contributed by atoms with Gasteiger partial charge in [0.25, 0.3) is 6.17 Å². The van der Waals surface area contributed by atoms with Crippen LogP contribution in [-0.4, -0.2) is 28.8 Å². The van der Waals surface area contributed by atoms with Crippen molar-refractivity contribution >= 4 is 0 Å². The van der Waals surface area contributed by atoms with E-state index >= 15 is 0 Å². The van der Waals surface area contributed by atoms with E-state index in [9.17, 15) is 10.1 Å². The zero-order valence-corrected chi connectivity index (χ0v) is 5.49. The molecule has 0 aromatic rings. The molecule has 1 fully saturated rings. The van der Waals surface area contributed by atoms with Gasteiger partial charge in [-0.2, -0.15) is 0 Å². The van der Waals surface area contributed by atoms with Gasteiger partial charge in [0.05, 0.1) is 0 Å². The average Bonchev–Trinajstić information content (AvgIpc) is 1.88. The van der Waals surface area contributed by atoms with Crippen molar-refractivity contribution in [2.75, 3.05) is 6.54 Å². The van der Waals surface area contributed by atoms with Crippen molar-refractivity contribution < 1.29 is 10.0 Å². The fourth-order valence-electron chi connectivity index (χ4n) is 1.07. The molecule has 1 saturated heterocycles. The smallest absolute Gasteiger partial charge is 0.291 e. The predicted octanol–water partition coefficient (Wildman–Crippen LogP) is -0.667. The molecule has 0 aromatic carbocycles. The maximum atomic E-state index is 10.1. The van der Waals surface area contributed by atoms with Crippen LogP contribution in [0.15, 0.2) is 0 Å². The van der Waals surface area contributed by atoms with Gasteiger partial charge < -0.3 is 5.11 Å². The first-order chi connectivity index (χ1) is 4.72. The van der Waals surface area contributed by atoms with Crippen molar-refractivity contribution in [3.8, 4) is 0 Å². The minimum Gasteiger partial charge on any atom is -0.384 e. The van der Waals surface area contributed by atoms with E-state index < -0.39 is 17.2 Å². The summed E-state index contributed by atoms with van der Waals surface area (Å²) in [4.78, 5) is 9.67. The molecular weight excluding hydrogens is 136 g/mol. The van der Waals surface area contributed by atoms with E-state index in [1.54, 1.807) is 0 Å². The van der Waals surface area contributed by atoms with Crippen LogP contribution in [0.3, 0.4) is 0 Å². The molecule has 0 aromatic heterocycles. The van der Waals surface area contributed by atoms with Crippen LogP contribution in [-0.2, 0) is 0 Å². The highest BCUT2D eigenvalue weighted by molar-refractivity contribution is 4.71. The van der Waals surface area contributed by atoms with Crippen molar-refractivity contribution in [2.45, 2.75) is 25.1 Å². The van der Waals surface area contributed by atoms with Gasteiger partial charge in [0.2, 0.25) is 0 Å². The molecule has 0 spiro atoms. The number of nitro groups is 1. The minimum absolute atomic E-state index is 0.482. The third-order valence-corrected chi connectivity index (χ3v) is 1.62. The predicted molar refractivity (Wildman–Crippen MR) is 34.0 cm³/mol. The van der Waals surface area contributed by atoms with Crippen LogP contribution < -0.4 is 5.32 Å². The minimum atomic E-state index is -0.950. The molecule has 1 heterocycles. The van der Waals surface area contributed by atoms with E-state index in [1.807, 2.05) is 0 Å². The molecule has 5 nitrogen and oxygen atoms in total. The Labute approximate surface area is 58.2 Å². The summed E-state index contributed by atoms with van der Waals surface area (Å²) >= 11 is 0. The van der Waals surface area contributed by atoms with Gasteiger partial charge in [0, 0.05) is 11.5 Å². The number of piperidine rings is 1. The second-order valence-corrected chi connectivity index (χ2v) is 2.39. The molecule has 0 saturated carbocycles. The number of nitrogens with one attached hydrogen (secondary N) is 1. The molecule has 1 aliphatic rings. The van der Waals surface area contributed by atoms with Gasteiger partial charge in [0.15, 0.2) is 0 Å². The fraction of sp³-hybridized carbons (Fsp3) is 1.00. The van der Waals surface area contributed by atoms with Gasteiger partial charge in [-0.15, -0.1) is 0 Å². The lowest BCUT2D eigenvalue weighted by Crippen LogP contribution is -2.49. The molecule has 0 bridgehead atoms. The van der Waals surface area contributed by atoms with Crippen molar-refractivity contribution in [2.24, 2.45) is 0 Å². The van der Waals surface area contributed by atoms with E-state index in [1.165, 1.54) is 0 Å². The van der Waals surface area contributed by atoms with Crippen molar-refractivity contribution in [1.29, 1.82) is 0 Å². The van der Waals surface area contributed by atoms with Crippen LogP contribution in [0.4, 0.5) is 0 Å². The van der Waals surface area contributed by atoms with Gasteiger partial charge in [-0.3, -0.25) is 15.4 Å². The van der Waals surface area contributed by atoms with Gasteiger partial charge in [0.1, 0.15) is 6.10 Å². The highest BCUT2D eigenvalue weighted by Crippen LogP contribution is 2.07. The molecule has 1 rings (SSSR count). The van der Waals surface area contributed by atoms with E-state index in [4.69, 9.17) is 5.11 Å². The molecule has 58 valence electrons. The maximum Gasteiger partial charge on any atom is 0.291 e. The summed E-state index contributed by atoms with van der Waals surface area (Å²) in [6.07, 6.45) is -0.429. The summed E-state index contributed by atoms with van der Waals surface area (Å²) in [7, 11) is 0. The lowest BCUT2D eigenvalue weighted by molar-refractivity contribution is -0.543. The molecule has 10 heavy (non-hydrogen) atoms. The number of hydrogen-bond donors (Lipinski definition) is 2. The Bertz CT molecular complexity index is 139. The maximum absolute atomic E-state index is 10.1. The number of aliphatic hydroxyl groups is 1. The summed E-state index contributed by atoms with van der Waals surface area (Å²) < 4.78 is 0. The van der Waals surface area contributed by atoms with Crippen LogP contribution >= 0.6 is 0 Å². The molecule has 0 radical (unpaired) electrons. The zero-order chi connectivity index (χ0) is 7.56. The molecule has 2 N–H and O–H groups in total. The SMILES string of the molecule is O=[N+]([O-])C1NCCCC1O. The number of aliphatic hydroxyl groups excluding tert-OH is 1. The summed E-state index contributed by atoms with van der Waals surface area (Å²) in [6, 6.07) is 0. The highest BCUT2D eigenvalue weighted by atomic mass is 16.6. The van der Waals surface area contributed by atoms with E-state index in [2.05, 4.69) is 5.32 Å².